The first-order valence-corrected chi connectivity index (χ1v) is 3.63. The summed E-state index contributed by atoms with van der Waals surface area (Å²) in [4.78, 5) is 2.37. The SMILES string of the molecule is CC1=CCCCN(C)C1. The van der Waals surface area contributed by atoms with Crippen LogP contribution in [0, 0.1) is 0 Å². The minimum absolute atomic E-state index is 1.17. The molecule has 52 valence electrons. The van der Waals surface area contributed by atoms with Crippen molar-refractivity contribution in [2.75, 3.05) is 20.1 Å². The second-order valence-electron chi connectivity index (χ2n) is 2.93. The van der Waals surface area contributed by atoms with Gasteiger partial charge in [0.15, 0.2) is 0 Å². The van der Waals surface area contributed by atoms with Crippen molar-refractivity contribution in [3.05, 3.63) is 11.6 Å². The highest BCUT2D eigenvalue weighted by Crippen LogP contribution is 2.06. The quantitative estimate of drug-likeness (QED) is 0.445. The number of nitrogens with zero attached hydrogens (tertiary/aromatic N) is 1. The highest BCUT2D eigenvalue weighted by molar-refractivity contribution is 5.01. The lowest BCUT2D eigenvalue weighted by Crippen LogP contribution is -2.19. The molecule has 1 nitrogen and oxygen atoms in total. The third-order valence-corrected chi connectivity index (χ3v) is 1.76. The van der Waals surface area contributed by atoms with E-state index in [1.54, 1.807) is 0 Å². The van der Waals surface area contributed by atoms with Crippen molar-refractivity contribution < 1.29 is 0 Å². The molecule has 1 aliphatic rings. The molecule has 0 aromatic heterocycles. The summed E-state index contributed by atoms with van der Waals surface area (Å²) in [7, 11) is 2.18. The van der Waals surface area contributed by atoms with E-state index < -0.39 is 0 Å². The van der Waals surface area contributed by atoms with Gasteiger partial charge in [0.25, 0.3) is 0 Å². The van der Waals surface area contributed by atoms with Gasteiger partial charge in [-0.1, -0.05) is 11.6 Å². The third-order valence-electron chi connectivity index (χ3n) is 1.76. The molecule has 1 aliphatic heterocycles. The van der Waals surface area contributed by atoms with E-state index in [-0.39, 0.29) is 0 Å². The molecule has 0 N–H and O–H groups in total. The highest BCUT2D eigenvalue weighted by Gasteiger charge is 2.01. The van der Waals surface area contributed by atoms with E-state index in [1.807, 2.05) is 0 Å². The van der Waals surface area contributed by atoms with Crippen LogP contribution in [-0.2, 0) is 0 Å². The standard InChI is InChI=1S/C8H15N/c1-8-5-3-4-6-9(2)7-8/h5H,3-4,6-7H2,1-2H3. The van der Waals surface area contributed by atoms with Crippen molar-refractivity contribution in [3.63, 3.8) is 0 Å². The van der Waals surface area contributed by atoms with E-state index >= 15 is 0 Å². The van der Waals surface area contributed by atoms with Crippen molar-refractivity contribution in [2.24, 2.45) is 0 Å². The molecule has 0 fully saturated rings. The lowest BCUT2D eigenvalue weighted by atomic mass is 10.2. The molecule has 1 rings (SSSR count). The Morgan fingerprint density at radius 3 is 3.11 bits per heavy atom. The van der Waals surface area contributed by atoms with Crippen molar-refractivity contribution in [1.82, 2.24) is 4.90 Å². The molecule has 0 amide bonds. The van der Waals surface area contributed by atoms with Crippen LogP contribution in [0.15, 0.2) is 11.6 Å². The van der Waals surface area contributed by atoms with Gasteiger partial charge in [-0.25, -0.2) is 0 Å². The molecule has 0 aliphatic carbocycles. The number of rotatable bonds is 0. The van der Waals surface area contributed by atoms with Gasteiger partial charge in [-0.3, -0.25) is 0 Å². The fourth-order valence-corrected chi connectivity index (χ4v) is 1.28. The summed E-state index contributed by atoms with van der Waals surface area (Å²) in [6.45, 7) is 4.63. The Morgan fingerprint density at radius 1 is 1.56 bits per heavy atom. The van der Waals surface area contributed by atoms with Crippen molar-refractivity contribution in [3.8, 4) is 0 Å². The fraction of sp³-hybridized carbons (Fsp3) is 0.750. The molecular formula is C8H15N. The van der Waals surface area contributed by atoms with Gasteiger partial charge in [0.05, 0.1) is 0 Å². The van der Waals surface area contributed by atoms with Gasteiger partial charge in [-0.05, 0) is 33.4 Å². The monoisotopic (exact) mass is 125 g/mol. The summed E-state index contributed by atoms with van der Waals surface area (Å²) < 4.78 is 0. The topological polar surface area (TPSA) is 3.24 Å². The van der Waals surface area contributed by atoms with Crippen LogP contribution in [-0.4, -0.2) is 25.0 Å². The Morgan fingerprint density at radius 2 is 2.33 bits per heavy atom. The molecule has 0 saturated carbocycles. The molecule has 9 heavy (non-hydrogen) atoms. The second kappa shape index (κ2) is 3.02. The normalized spacial score (nSPS) is 23.1. The molecule has 0 atom stereocenters. The van der Waals surface area contributed by atoms with E-state index in [2.05, 4.69) is 24.9 Å². The Labute approximate surface area is 57.4 Å². The van der Waals surface area contributed by atoms with Crippen LogP contribution in [0.4, 0.5) is 0 Å². The van der Waals surface area contributed by atoms with Crippen LogP contribution in [0.25, 0.3) is 0 Å². The Kier molecular flexibility index (Phi) is 2.29. The van der Waals surface area contributed by atoms with Gasteiger partial charge in [-0.15, -0.1) is 0 Å². The first-order valence-electron chi connectivity index (χ1n) is 3.63. The second-order valence-corrected chi connectivity index (χ2v) is 2.93. The van der Waals surface area contributed by atoms with Crippen molar-refractivity contribution in [1.29, 1.82) is 0 Å². The zero-order valence-corrected chi connectivity index (χ0v) is 6.35. The van der Waals surface area contributed by atoms with Crippen LogP contribution < -0.4 is 0 Å². The van der Waals surface area contributed by atoms with Crippen molar-refractivity contribution in [2.45, 2.75) is 19.8 Å². The van der Waals surface area contributed by atoms with Crippen molar-refractivity contribution >= 4 is 0 Å². The molecule has 0 aromatic carbocycles. The Balaban J connectivity index is 2.44. The average molecular weight is 125 g/mol. The largest absolute Gasteiger partial charge is 0.302 e. The molecule has 0 aromatic rings. The number of hydrogen-bond acceptors (Lipinski definition) is 1. The van der Waals surface area contributed by atoms with Crippen LogP contribution in [0.5, 0.6) is 0 Å². The fourth-order valence-electron chi connectivity index (χ4n) is 1.28. The van der Waals surface area contributed by atoms with Gasteiger partial charge >= 0.3 is 0 Å². The van der Waals surface area contributed by atoms with E-state index in [0.717, 1.165) is 0 Å². The maximum atomic E-state index is 2.37. The molecule has 0 radical (unpaired) electrons. The van der Waals surface area contributed by atoms with E-state index in [0.29, 0.717) is 0 Å². The minimum Gasteiger partial charge on any atom is -0.302 e. The number of hydrogen-bond donors (Lipinski definition) is 0. The van der Waals surface area contributed by atoms with Crippen LogP contribution >= 0.6 is 0 Å². The van der Waals surface area contributed by atoms with E-state index in [4.69, 9.17) is 0 Å². The summed E-state index contributed by atoms with van der Waals surface area (Å²) in [6, 6.07) is 0. The smallest absolute Gasteiger partial charge is 0.0187 e. The molecule has 1 heteroatoms. The minimum atomic E-state index is 1.17. The summed E-state index contributed by atoms with van der Waals surface area (Å²) >= 11 is 0. The summed E-state index contributed by atoms with van der Waals surface area (Å²) in [5.74, 6) is 0. The lowest BCUT2D eigenvalue weighted by molar-refractivity contribution is 0.366. The molecule has 0 spiro atoms. The lowest BCUT2D eigenvalue weighted by Gasteiger charge is -2.12. The highest BCUT2D eigenvalue weighted by atomic mass is 15.1. The van der Waals surface area contributed by atoms with E-state index in [1.165, 1.54) is 31.5 Å². The zero-order chi connectivity index (χ0) is 6.69. The van der Waals surface area contributed by atoms with Gasteiger partial charge in [-0.2, -0.15) is 0 Å². The molecule has 0 saturated heterocycles. The first kappa shape index (κ1) is 6.81. The van der Waals surface area contributed by atoms with Gasteiger partial charge in [0.2, 0.25) is 0 Å². The maximum absolute atomic E-state index is 2.37. The predicted octanol–water partition coefficient (Wildman–Crippen LogP) is 1.66. The molecule has 0 unspecified atom stereocenters. The summed E-state index contributed by atoms with van der Waals surface area (Å²) in [5.41, 5.74) is 1.52. The van der Waals surface area contributed by atoms with Gasteiger partial charge in [0, 0.05) is 6.54 Å². The molecule has 1 heterocycles. The van der Waals surface area contributed by atoms with Gasteiger partial charge < -0.3 is 4.90 Å². The molecule has 0 bridgehead atoms. The summed E-state index contributed by atoms with van der Waals surface area (Å²) in [6.07, 6.45) is 4.95. The maximum Gasteiger partial charge on any atom is 0.0187 e. The predicted molar refractivity (Wildman–Crippen MR) is 40.5 cm³/mol. The van der Waals surface area contributed by atoms with E-state index in [9.17, 15) is 0 Å². The van der Waals surface area contributed by atoms with Gasteiger partial charge in [0.1, 0.15) is 0 Å². The third kappa shape index (κ3) is 2.19. The van der Waals surface area contributed by atoms with Crippen LogP contribution in [0.3, 0.4) is 0 Å². The zero-order valence-electron chi connectivity index (χ0n) is 6.35. The molecular weight excluding hydrogens is 110 g/mol. The first-order chi connectivity index (χ1) is 4.29. The number of allylic oxidation sites excluding steroid dienone is 1. The van der Waals surface area contributed by atoms with Crippen LogP contribution in [0.2, 0.25) is 0 Å². The summed E-state index contributed by atoms with van der Waals surface area (Å²) in [5, 5.41) is 0. The average Bonchev–Trinajstić information content (AvgIpc) is 1.93. The Bertz CT molecular complexity index is 116. The number of likely N-dealkylation sites (N-methyl/N-ethyl adjacent to an activating group) is 1. The van der Waals surface area contributed by atoms with Crippen LogP contribution in [0.1, 0.15) is 19.8 Å². The Hall–Kier alpha value is -0.300.